The third-order valence-electron chi connectivity index (χ3n) is 6.36. The molecule has 0 aromatic rings. The average Bonchev–Trinajstić information content (AvgIpc) is 2.87. The molecule has 1 aliphatic carbocycles. The predicted octanol–water partition coefficient (Wildman–Crippen LogP) is 1.43. The van der Waals surface area contributed by atoms with Crippen LogP contribution in [0.5, 0.6) is 0 Å². The largest absolute Gasteiger partial charge is 0.388 e. The Bertz CT molecular complexity index is 351. The molecule has 4 nitrogen and oxygen atoms in total. The van der Waals surface area contributed by atoms with Gasteiger partial charge in [0.2, 0.25) is 0 Å². The summed E-state index contributed by atoms with van der Waals surface area (Å²) in [5.74, 6) is 0.416. The van der Waals surface area contributed by atoms with Crippen molar-refractivity contribution in [3.05, 3.63) is 0 Å². The number of piperidine rings is 1. The monoisotopic (exact) mass is 295 g/mol. The fourth-order valence-electron chi connectivity index (χ4n) is 4.86. The Hall–Kier alpha value is -0.160. The molecule has 4 heteroatoms. The Morgan fingerprint density at radius 2 is 2.05 bits per heavy atom. The third kappa shape index (κ3) is 3.29. The molecule has 3 fully saturated rings. The van der Waals surface area contributed by atoms with Crippen LogP contribution >= 0.6 is 0 Å². The average molecular weight is 295 g/mol. The number of fused-ring (bicyclic) bond motifs is 1. The number of hydrogen-bond acceptors (Lipinski definition) is 4. The second-order valence-corrected chi connectivity index (χ2v) is 7.67. The Balaban J connectivity index is 1.53. The van der Waals surface area contributed by atoms with Gasteiger partial charge >= 0.3 is 0 Å². The van der Waals surface area contributed by atoms with Crippen LogP contribution < -0.4 is 5.73 Å². The highest BCUT2D eigenvalue weighted by Crippen LogP contribution is 2.37. The topological polar surface area (TPSA) is 52.7 Å². The molecular weight excluding hydrogens is 262 g/mol. The van der Waals surface area contributed by atoms with Crippen LogP contribution in [0.4, 0.5) is 0 Å². The first-order chi connectivity index (χ1) is 10.1. The first kappa shape index (κ1) is 15.7. The lowest BCUT2D eigenvalue weighted by Gasteiger charge is -2.48. The summed E-state index contributed by atoms with van der Waals surface area (Å²) in [6.45, 7) is 7.71. The smallest absolute Gasteiger partial charge is 0.0797 e. The van der Waals surface area contributed by atoms with Gasteiger partial charge in [-0.1, -0.05) is 12.8 Å². The van der Waals surface area contributed by atoms with Crippen molar-refractivity contribution in [2.45, 2.75) is 69.6 Å². The van der Waals surface area contributed by atoms with Gasteiger partial charge in [0.15, 0.2) is 0 Å². The molecule has 2 saturated heterocycles. The summed E-state index contributed by atoms with van der Waals surface area (Å²) in [6, 6.07) is 1.44. The van der Waals surface area contributed by atoms with Crippen molar-refractivity contribution in [1.82, 2.24) is 9.80 Å². The van der Waals surface area contributed by atoms with E-state index in [2.05, 4.69) is 16.7 Å². The molecule has 2 heterocycles. The van der Waals surface area contributed by atoms with Crippen LogP contribution in [-0.2, 0) is 0 Å². The van der Waals surface area contributed by atoms with E-state index in [9.17, 15) is 5.11 Å². The van der Waals surface area contributed by atoms with Crippen LogP contribution in [0.2, 0.25) is 0 Å². The fraction of sp³-hybridized carbons (Fsp3) is 1.00. The molecule has 4 unspecified atom stereocenters. The second kappa shape index (κ2) is 6.53. The van der Waals surface area contributed by atoms with E-state index < -0.39 is 5.60 Å². The highest BCUT2D eigenvalue weighted by molar-refractivity contribution is 4.95. The number of hydrogen-bond donors (Lipinski definition) is 2. The quantitative estimate of drug-likeness (QED) is 0.824. The van der Waals surface area contributed by atoms with Gasteiger partial charge in [0.25, 0.3) is 0 Å². The second-order valence-electron chi connectivity index (χ2n) is 7.67. The number of nitrogens with zero attached hydrogens (tertiary/aromatic N) is 2. The maximum absolute atomic E-state index is 10.6. The summed E-state index contributed by atoms with van der Waals surface area (Å²) in [5, 5.41) is 10.6. The van der Waals surface area contributed by atoms with Crippen molar-refractivity contribution in [1.29, 1.82) is 0 Å². The molecule has 0 spiro atoms. The molecule has 4 atom stereocenters. The van der Waals surface area contributed by atoms with Crippen LogP contribution in [0, 0.1) is 5.92 Å². The van der Waals surface area contributed by atoms with Gasteiger partial charge in [0, 0.05) is 31.7 Å². The summed E-state index contributed by atoms with van der Waals surface area (Å²) in [7, 11) is 0. The molecule has 3 aliphatic rings. The lowest BCUT2D eigenvalue weighted by molar-refractivity contribution is -0.0128. The Kier molecular flexibility index (Phi) is 4.89. The maximum atomic E-state index is 10.6. The summed E-state index contributed by atoms with van der Waals surface area (Å²) in [6.07, 6.45) is 8.48. The van der Waals surface area contributed by atoms with E-state index in [0.717, 1.165) is 38.3 Å². The summed E-state index contributed by atoms with van der Waals surface area (Å²) in [4.78, 5) is 5.37. The lowest BCUT2D eigenvalue weighted by Crippen LogP contribution is -2.59. The van der Waals surface area contributed by atoms with Crippen molar-refractivity contribution in [3.63, 3.8) is 0 Å². The first-order valence-electron chi connectivity index (χ1n) is 9.03. The zero-order valence-electron chi connectivity index (χ0n) is 13.6. The highest BCUT2D eigenvalue weighted by Gasteiger charge is 2.40. The summed E-state index contributed by atoms with van der Waals surface area (Å²) < 4.78 is 0. The SMILES string of the molecule is CC1CN2CCCCC2CN1CCC1CCCC1(O)CN. The van der Waals surface area contributed by atoms with E-state index in [-0.39, 0.29) is 0 Å². The maximum Gasteiger partial charge on any atom is 0.0797 e. The standard InChI is InChI=1S/C17H33N3O/c1-14-11-20-9-3-2-6-16(20)12-19(14)10-7-15-5-4-8-17(15,21)13-18/h14-16,21H,2-13,18H2,1H3. The van der Waals surface area contributed by atoms with Crippen LogP contribution in [-0.4, -0.2) is 65.3 Å². The Labute approximate surface area is 129 Å². The molecule has 0 bridgehead atoms. The van der Waals surface area contributed by atoms with Gasteiger partial charge in [-0.05, 0) is 58.0 Å². The number of nitrogens with two attached hydrogens (primary N) is 1. The molecule has 3 rings (SSSR count). The van der Waals surface area contributed by atoms with Gasteiger partial charge in [-0.15, -0.1) is 0 Å². The van der Waals surface area contributed by atoms with Gasteiger partial charge in [0.05, 0.1) is 5.60 Å². The fourth-order valence-corrected chi connectivity index (χ4v) is 4.86. The molecule has 0 radical (unpaired) electrons. The zero-order valence-corrected chi connectivity index (χ0v) is 13.6. The van der Waals surface area contributed by atoms with Gasteiger partial charge in [0.1, 0.15) is 0 Å². The molecule has 2 aliphatic heterocycles. The minimum Gasteiger partial charge on any atom is -0.388 e. The molecule has 122 valence electrons. The lowest BCUT2D eigenvalue weighted by atomic mass is 9.87. The number of piperazine rings is 1. The molecule has 0 amide bonds. The van der Waals surface area contributed by atoms with E-state index in [0.29, 0.717) is 18.5 Å². The number of rotatable bonds is 4. The minimum absolute atomic E-state index is 0.416. The van der Waals surface area contributed by atoms with E-state index in [1.165, 1.54) is 38.9 Å². The number of aliphatic hydroxyl groups is 1. The van der Waals surface area contributed by atoms with E-state index in [1.807, 2.05) is 0 Å². The van der Waals surface area contributed by atoms with E-state index >= 15 is 0 Å². The summed E-state index contributed by atoms with van der Waals surface area (Å²) in [5.41, 5.74) is 5.24. The summed E-state index contributed by atoms with van der Waals surface area (Å²) >= 11 is 0. The zero-order chi connectivity index (χ0) is 14.9. The Morgan fingerprint density at radius 1 is 1.19 bits per heavy atom. The molecule has 0 aromatic heterocycles. The van der Waals surface area contributed by atoms with Crippen LogP contribution in [0.15, 0.2) is 0 Å². The minimum atomic E-state index is -0.574. The van der Waals surface area contributed by atoms with Crippen molar-refractivity contribution >= 4 is 0 Å². The molecule has 21 heavy (non-hydrogen) atoms. The molecule has 1 saturated carbocycles. The normalized spacial score (nSPS) is 42.1. The van der Waals surface area contributed by atoms with E-state index in [4.69, 9.17) is 5.73 Å². The van der Waals surface area contributed by atoms with Gasteiger partial charge in [-0.3, -0.25) is 9.80 Å². The van der Waals surface area contributed by atoms with Crippen LogP contribution in [0.3, 0.4) is 0 Å². The van der Waals surface area contributed by atoms with Crippen molar-refractivity contribution < 1.29 is 5.11 Å². The first-order valence-corrected chi connectivity index (χ1v) is 9.03. The molecule has 3 N–H and O–H groups in total. The van der Waals surface area contributed by atoms with Crippen molar-refractivity contribution in [2.24, 2.45) is 11.7 Å². The molecular formula is C17H33N3O. The van der Waals surface area contributed by atoms with Gasteiger partial charge < -0.3 is 10.8 Å². The highest BCUT2D eigenvalue weighted by atomic mass is 16.3. The van der Waals surface area contributed by atoms with Gasteiger partial charge in [-0.2, -0.15) is 0 Å². The van der Waals surface area contributed by atoms with Crippen LogP contribution in [0.1, 0.15) is 51.9 Å². The molecule has 0 aromatic carbocycles. The van der Waals surface area contributed by atoms with Crippen molar-refractivity contribution in [2.75, 3.05) is 32.7 Å². The Morgan fingerprint density at radius 3 is 2.86 bits per heavy atom. The third-order valence-corrected chi connectivity index (χ3v) is 6.36. The van der Waals surface area contributed by atoms with E-state index in [1.54, 1.807) is 0 Å². The predicted molar refractivity (Wildman–Crippen MR) is 86.2 cm³/mol. The van der Waals surface area contributed by atoms with Crippen LogP contribution in [0.25, 0.3) is 0 Å². The van der Waals surface area contributed by atoms with Crippen molar-refractivity contribution in [3.8, 4) is 0 Å². The van der Waals surface area contributed by atoms with Gasteiger partial charge in [-0.25, -0.2) is 0 Å².